The fourth-order valence-corrected chi connectivity index (χ4v) is 2.08. The van der Waals surface area contributed by atoms with E-state index < -0.39 is 0 Å². The first-order valence-electron chi connectivity index (χ1n) is 6.72. The third-order valence-electron chi connectivity index (χ3n) is 3.24. The molecule has 0 bridgehead atoms. The number of hydrogen-bond acceptors (Lipinski definition) is 2. The summed E-state index contributed by atoms with van der Waals surface area (Å²) in [5.41, 5.74) is 2.19. The van der Waals surface area contributed by atoms with Crippen molar-refractivity contribution in [2.75, 3.05) is 6.54 Å². The summed E-state index contributed by atoms with van der Waals surface area (Å²) in [6, 6.07) is 8.97. The van der Waals surface area contributed by atoms with Crippen LogP contribution >= 0.6 is 0 Å². The first kappa shape index (κ1) is 13.8. The van der Waals surface area contributed by atoms with Crippen molar-refractivity contribution in [3.8, 4) is 0 Å². The minimum atomic E-state index is -0.170. The highest BCUT2D eigenvalue weighted by Gasteiger charge is 2.02. The summed E-state index contributed by atoms with van der Waals surface area (Å²) in [4.78, 5) is 0. The molecule has 2 nitrogen and oxygen atoms in total. The van der Waals surface area contributed by atoms with Gasteiger partial charge >= 0.3 is 0 Å². The molecular weight excluding hydrogens is 241 g/mol. The monoisotopic (exact) mass is 261 g/mol. The van der Waals surface area contributed by atoms with Crippen LogP contribution in [0.1, 0.15) is 29.6 Å². The summed E-state index contributed by atoms with van der Waals surface area (Å²) in [5, 5.41) is 3.34. The van der Waals surface area contributed by atoms with E-state index in [4.69, 9.17) is 4.42 Å². The molecule has 1 heterocycles. The van der Waals surface area contributed by atoms with E-state index in [-0.39, 0.29) is 5.82 Å². The third-order valence-corrected chi connectivity index (χ3v) is 3.24. The van der Waals surface area contributed by atoms with Gasteiger partial charge in [0, 0.05) is 6.42 Å². The van der Waals surface area contributed by atoms with Crippen molar-refractivity contribution in [1.82, 2.24) is 5.32 Å². The summed E-state index contributed by atoms with van der Waals surface area (Å²) in [5.74, 6) is 1.82. The number of nitrogens with one attached hydrogen (secondary N) is 1. The maximum absolute atomic E-state index is 13.0. The Morgan fingerprint density at radius 1 is 1.16 bits per heavy atom. The van der Waals surface area contributed by atoms with E-state index in [1.807, 2.05) is 25.1 Å². The summed E-state index contributed by atoms with van der Waals surface area (Å²) < 4.78 is 18.6. The highest BCUT2D eigenvalue weighted by Crippen LogP contribution is 2.11. The van der Waals surface area contributed by atoms with Crippen molar-refractivity contribution >= 4 is 0 Å². The number of benzene rings is 1. The normalized spacial score (nSPS) is 10.9. The molecule has 1 aromatic heterocycles. The Hall–Kier alpha value is -1.61. The lowest BCUT2D eigenvalue weighted by molar-refractivity contribution is 0.451. The molecule has 102 valence electrons. The SMILES string of the molecule is CCc1ccc(CNCCc2ccc(F)cc2C)o1. The largest absolute Gasteiger partial charge is 0.465 e. The van der Waals surface area contributed by atoms with Crippen molar-refractivity contribution in [1.29, 1.82) is 0 Å². The van der Waals surface area contributed by atoms with Gasteiger partial charge in [-0.25, -0.2) is 4.39 Å². The molecule has 0 unspecified atom stereocenters. The minimum absolute atomic E-state index is 0.170. The lowest BCUT2D eigenvalue weighted by Crippen LogP contribution is -2.16. The predicted octanol–water partition coefficient (Wildman–Crippen LogP) is 3.62. The first-order chi connectivity index (χ1) is 9.19. The van der Waals surface area contributed by atoms with Crippen LogP contribution in [0.25, 0.3) is 0 Å². The van der Waals surface area contributed by atoms with E-state index in [0.29, 0.717) is 0 Å². The molecule has 0 aliphatic heterocycles. The highest BCUT2D eigenvalue weighted by molar-refractivity contribution is 5.26. The zero-order chi connectivity index (χ0) is 13.7. The molecule has 0 aliphatic carbocycles. The van der Waals surface area contributed by atoms with Gasteiger partial charge in [0.25, 0.3) is 0 Å². The molecule has 0 aliphatic rings. The maximum Gasteiger partial charge on any atom is 0.123 e. The van der Waals surface area contributed by atoms with Crippen LogP contribution in [0.3, 0.4) is 0 Å². The van der Waals surface area contributed by atoms with Crippen molar-refractivity contribution in [2.24, 2.45) is 0 Å². The second-order valence-corrected chi connectivity index (χ2v) is 4.72. The molecule has 0 radical (unpaired) electrons. The van der Waals surface area contributed by atoms with E-state index in [9.17, 15) is 4.39 Å². The number of aryl methyl sites for hydroxylation is 2. The number of halogens is 1. The van der Waals surface area contributed by atoms with Gasteiger partial charge in [0.2, 0.25) is 0 Å². The molecule has 0 saturated carbocycles. The highest BCUT2D eigenvalue weighted by atomic mass is 19.1. The van der Waals surface area contributed by atoms with Crippen LogP contribution in [-0.4, -0.2) is 6.54 Å². The average molecular weight is 261 g/mol. The zero-order valence-electron chi connectivity index (χ0n) is 11.5. The minimum Gasteiger partial charge on any atom is -0.465 e. The van der Waals surface area contributed by atoms with Crippen LogP contribution in [0.2, 0.25) is 0 Å². The molecular formula is C16H20FNO. The van der Waals surface area contributed by atoms with Gasteiger partial charge in [-0.3, -0.25) is 0 Å². The Balaban J connectivity index is 1.77. The molecule has 0 spiro atoms. The Morgan fingerprint density at radius 2 is 1.95 bits per heavy atom. The summed E-state index contributed by atoms with van der Waals surface area (Å²) >= 11 is 0. The van der Waals surface area contributed by atoms with Crippen molar-refractivity contribution in [2.45, 2.75) is 33.2 Å². The Labute approximate surface area is 113 Å². The number of furan rings is 1. The fraction of sp³-hybridized carbons (Fsp3) is 0.375. The van der Waals surface area contributed by atoms with Gasteiger partial charge in [-0.05, 0) is 55.3 Å². The fourth-order valence-electron chi connectivity index (χ4n) is 2.08. The second kappa shape index (κ2) is 6.53. The average Bonchev–Trinajstić information content (AvgIpc) is 2.84. The summed E-state index contributed by atoms with van der Waals surface area (Å²) in [6.07, 6.45) is 1.82. The number of rotatable bonds is 6. The van der Waals surface area contributed by atoms with Gasteiger partial charge in [0.05, 0.1) is 6.54 Å². The van der Waals surface area contributed by atoms with Crippen LogP contribution in [0.4, 0.5) is 4.39 Å². The quantitative estimate of drug-likeness (QED) is 0.803. The topological polar surface area (TPSA) is 25.2 Å². The molecule has 2 aromatic rings. The molecule has 3 heteroatoms. The Bertz CT molecular complexity index is 533. The van der Waals surface area contributed by atoms with Crippen molar-refractivity contribution in [3.63, 3.8) is 0 Å². The molecule has 0 saturated heterocycles. The predicted molar refractivity (Wildman–Crippen MR) is 74.6 cm³/mol. The van der Waals surface area contributed by atoms with E-state index in [2.05, 4.69) is 12.2 Å². The van der Waals surface area contributed by atoms with Crippen LogP contribution in [0.15, 0.2) is 34.7 Å². The summed E-state index contributed by atoms with van der Waals surface area (Å²) in [6.45, 7) is 5.61. The van der Waals surface area contributed by atoms with Gasteiger partial charge < -0.3 is 9.73 Å². The van der Waals surface area contributed by atoms with E-state index >= 15 is 0 Å². The molecule has 2 rings (SSSR count). The van der Waals surface area contributed by atoms with Gasteiger partial charge in [0.1, 0.15) is 17.3 Å². The molecule has 19 heavy (non-hydrogen) atoms. The van der Waals surface area contributed by atoms with Gasteiger partial charge in [-0.2, -0.15) is 0 Å². The lowest BCUT2D eigenvalue weighted by Gasteiger charge is -2.06. The van der Waals surface area contributed by atoms with Crippen molar-refractivity contribution < 1.29 is 8.81 Å². The van der Waals surface area contributed by atoms with Crippen LogP contribution in [0.5, 0.6) is 0 Å². The van der Waals surface area contributed by atoms with E-state index in [1.165, 1.54) is 11.6 Å². The molecule has 0 fully saturated rings. The molecule has 1 N–H and O–H groups in total. The van der Waals surface area contributed by atoms with Gasteiger partial charge in [0.15, 0.2) is 0 Å². The molecule has 1 aromatic carbocycles. The number of hydrogen-bond donors (Lipinski definition) is 1. The maximum atomic E-state index is 13.0. The standard InChI is InChI=1S/C16H20FNO/c1-3-15-6-7-16(19-15)11-18-9-8-13-4-5-14(17)10-12(13)2/h4-7,10,18H,3,8-9,11H2,1-2H3. The van der Waals surface area contributed by atoms with Crippen molar-refractivity contribution in [3.05, 3.63) is 58.8 Å². The third kappa shape index (κ3) is 3.93. The van der Waals surface area contributed by atoms with Crippen LogP contribution in [0, 0.1) is 12.7 Å². The summed E-state index contributed by atoms with van der Waals surface area (Å²) in [7, 11) is 0. The Morgan fingerprint density at radius 3 is 2.63 bits per heavy atom. The molecule has 0 amide bonds. The molecule has 0 atom stereocenters. The Kier molecular flexibility index (Phi) is 4.74. The van der Waals surface area contributed by atoms with E-state index in [1.54, 1.807) is 6.07 Å². The lowest BCUT2D eigenvalue weighted by atomic mass is 10.1. The zero-order valence-corrected chi connectivity index (χ0v) is 11.5. The van der Waals surface area contributed by atoms with E-state index in [0.717, 1.165) is 43.0 Å². The van der Waals surface area contributed by atoms with Gasteiger partial charge in [-0.15, -0.1) is 0 Å². The first-order valence-corrected chi connectivity index (χ1v) is 6.72. The second-order valence-electron chi connectivity index (χ2n) is 4.72. The van der Waals surface area contributed by atoms with Crippen LogP contribution < -0.4 is 5.32 Å². The van der Waals surface area contributed by atoms with Crippen LogP contribution in [-0.2, 0) is 19.4 Å². The smallest absolute Gasteiger partial charge is 0.123 e. The van der Waals surface area contributed by atoms with Gasteiger partial charge in [-0.1, -0.05) is 13.0 Å².